The fraction of sp³-hybridized carbons (Fsp3) is 0.636. The maximum Gasteiger partial charge on any atom is 0.332 e. The van der Waals surface area contributed by atoms with Gasteiger partial charge in [0, 0.05) is 6.54 Å². The quantitative estimate of drug-likeness (QED) is 0.473. The van der Waals surface area contributed by atoms with Gasteiger partial charge in [-0.05, 0) is 31.4 Å². The standard InChI is InChI=1S/C11H17ClN4O3/c1-4-11(17,5-2)6-13-9-8(16(18)19)7(3)14-10(12)15-9/h17H,4-6H2,1-3H3,(H,13,14,15). The number of nitrogens with one attached hydrogen (secondary N) is 1. The third-order valence-corrected chi connectivity index (χ3v) is 3.28. The van der Waals surface area contributed by atoms with Crippen LogP contribution in [-0.2, 0) is 0 Å². The number of aliphatic hydroxyl groups is 1. The Morgan fingerprint density at radius 1 is 1.42 bits per heavy atom. The van der Waals surface area contributed by atoms with Crippen molar-refractivity contribution in [3.8, 4) is 0 Å². The van der Waals surface area contributed by atoms with E-state index in [2.05, 4.69) is 15.3 Å². The fourth-order valence-corrected chi connectivity index (χ4v) is 1.83. The van der Waals surface area contributed by atoms with E-state index in [-0.39, 0.29) is 29.0 Å². The van der Waals surface area contributed by atoms with Gasteiger partial charge < -0.3 is 10.4 Å². The Bertz CT molecular complexity index is 477. The first-order valence-corrected chi connectivity index (χ1v) is 6.35. The zero-order chi connectivity index (χ0) is 14.6. The van der Waals surface area contributed by atoms with E-state index in [1.807, 2.05) is 13.8 Å². The van der Waals surface area contributed by atoms with Crippen molar-refractivity contribution in [2.75, 3.05) is 11.9 Å². The Morgan fingerprint density at radius 3 is 2.47 bits per heavy atom. The van der Waals surface area contributed by atoms with E-state index in [1.165, 1.54) is 6.92 Å². The molecular weight excluding hydrogens is 272 g/mol. The first-order chi connectivity index (χ1) is 8.83. The maximum absolute atomic E-state index is 11.0. The van der Waals surface area contributed by atoms with Crippen LogP contribution in [0.1, 0.15) is 32.4 Å². The minimum atomic E-state index is -0.931. The van der Waals surface area contributed by atoms with E-state index in [0.717, 1.165) is 0 Å². The van der Waals surface area contributed by atoms with Crippen LogP contribution in [0.4, 0.5) is 11.5 Å². The summed E-state index contributed by atoms with van der Waals surface area (Å²) in [5, 5.41) is 23.9. The van der Waals surface area contributed by atoms with Crippen LogP contribution < -0.4 is 5.32 Å². The number of nitrogens with zero attached hydrogens (tertiary/aromatic N) is 3. The molecule has 0 atom stereocenters. The Labute approximate surface area is 116 Å². The van der Waals surface area contributed by atoms with Crippen LogP contribution >= 0.6 is 11.6 Å². The molecule has 106 valence electrons. The first kappa shape index (κ1) is 15.6. The summed E-state index contributed by atoms with van der Waals surface area (Å²) in [5.41, 5.74) is -0.970. The topological polar surface area (TPSA) is 101 Å². The molecule has 0 spiro atoms. The van der Waals surface area contributed by atoms with Gasteiger partial charge >= 0.3 is 5.69 Å². The molecule has 8 heteroatoms. The van der Waals surface area contributed by atoms with Gasteiger partial charge in [-0.1, -0.05) is 13.8 Å². The number of hydrogen-bond acceptors (Lipinski definition) is 6. The average Bonchev–Trinajstić information content (AvgIpc) is 2.34. The summed E-state index contributed by atoms with van der Waals surface area (Å²) >= 11 is 5.70. The molecule has 1 aromatic rings. The molecule has 7 nitrogen and oxygen atoms in total. The van der Waals surface area contributed by atoms with Crippen molar-refractivity contribution < 1.29 is 10.0 Å². The summed E-state index contributed by atoms with van der Waals surface area (Å²) in [7, 11) is 0. The Hall–Kier alpha value is -1.47. The van der Waals surface area contributed by atoms with Crippen molar-refractivity contribution >= 4 is 23.1 Å². The maximum atomic E-state index is 11.0. The van der Waals surface area contributed by atoms with Crippen LogP contribution in [0, 0.1) is 17.0 Å². The molecule has 0 saturated heterocycles. The second-order valence-corrected chi connectivity index (χ2v) is 4.66. The lowest BCUT2D eigenvalue weighted by atomic mass is 9.98. The molecule has 0 bridgehead atoms. The Balaban J connectivity index is 3.04. The largest absolute Gasteiger partial charge is 0.388 e. The van der Waals surface area contributed by atoms with Gasteiger partial charge in [-0.3, -0.25) is 10.1 Å². The summed E-state index contributed by atoms with van der Waals surface area (Å²) in [6.07, 6.45) is 1.06. The number of hydrogen-bond donors (Lipinski definition) is 2. The number of aryl methyl sites for hydroxylation is 1. The molecule has 0 amide bonds. The molecule has 0 fully saturated rings. The third-order valence-electron chi connectivity index (χ3n) is 3.11. The van der Waals surface area contributed by atoms with E-state index < -0.39 is 10.5 Å². The summed E-state index contributed by atoms with van der Waals surface area (Å²) in [6, 6.07) is 0. The number of nitro groups is 1. The second kappa shape index (κ2) is 6.12. The highest BCUT2D eigenvalue weighted by Gasteiger charge is 2.26. The Morgan fingerprint density at radius 2 is 2.00 bits per heavy atom. The van der Waals surface area contributed by atoms with Crippen LogP contribution in [0.5, 0.6) is 0 Å². The zero-order valence-electron chi connectivity index (χ0n) is 11.1. The van der Waals surface area contributed by atoms with E-state index >= 15 is 0 Å². The van der Waals surface area contributed by atoms with Gasteiger partial charge in [0.25, 0.3) is 0 Å². The lowest BCUT2D eigenvalue weighted by Crippen LogP contribution is -2.35. The number of anilines is 1. The normalized spacial score (nSPS) is 11.4. The zero-order valence-corrected chi connectivity index (χ0v) is 11.9. The minimum Gasteiger partial charge on any atom is -0.388 e. The van der Waals surface area contributed by atoms with Crippen LogP contribution in [0.25, 0.3) is 0 Å². The minimum absolute atomic E-state index is 0.0304. The molecule has 0 aromatic carbocycles. The van der Waals surface area contributed by atoms with Gasteiger partial charge in [0.05, 0.1) is 10.5 Å². The van der Waals surface area contributed by atoms with Gasteiger partial charge in [0.1, 0.15) is 5.69 Å². The molecule has 0 radical (unpaired) electrons. The molecule has 0 aliphatic heterocycles. The predicted octanol–water partition coefficient (Wildman–Crippen LogP) is 2.31. The van der Waals surface area contributed by atoms with Gasteiger partial charge in [-0.25, -0.2) is 4.98 Å². The lowest BCUT2D eigenvalue weighted by molar-refractivity contribution is -0.385. The summed E-state index contributed by atoms with van der Waals surface area (Å²) in [5.74, 6) is 0.0304. The molecule has 0 unspecified atom stereocenters. The van der Waals surface area contributed by atoms with Gasteiger partial charge in [0.2, 0.25) is 11.1 Å². The van der Waals surface area contributed by atoms with Gasteiger partial charge in [-0.15, -0.1) is 0 Å². The number of aromatic nitrogens is 2. The molecule has 0 saturated carbocycles. The van der Waals surface area contributed by atoms with Crippen molar-refractivity contribution in [3.05, 3.63) is 21.1 Å². The molecule has 1 aromatic heterocycles. The van der Waals surface area contributed by atoms with E-state index in [0.29, 0.717) is 12.8 Å². The molecule has 1 rings (SSSR count). The molecular formula is C11H17ClN4O3. The third kappa shape index (κ3) is 3.74. The molecule has 2 N–H and O–H groups in total. The molecule has 0 aliphatic rings. The van der Waals surface area contributed by atoms with E-state index in [9.17, 15) is 15.2 Å². The molecule has 1 heterocycles. The van der Waals surface area contributed by atoms with Crippen LogP contribution in [0.3, 0.4) is 0 Å². The highest BCUT2D eigenvalue weighted by molar-refractivity contribution is 6.28. The lowest BCUT2D eigenvalue weighted by Gasteiger charge is -2.25. The van der Waals surface area contributed by atoms with E-state index in [4.69, 9.17) is 11.6 Å². The van der Waals surface area contributed by atoms with Gasteiger partial charge in [0.15, 0.2) is 0 Å². The highest BCUT2D eigenvalue weighted by Crippen LogP contribution is 2.27. The van der Waals surface area contributed by atoms with Crippen molar-refractivity contribution in [1.82, 2.24) is 9.97 Å². The molecule has 19 heavy (non-hydrogen) atoms. The SMILES string of the molecule is CCC(O)(CC)CNc1nc(Cl)nc(C)c1[N+](=O)[O-]. The summed E-state index contributed by atoms with van der Waals surface area (Å²) in [6.45, 7) is 5.34. The fourth-order valence-electron chi connectivity index (χ4n) is 1.62. The van der Waals surface area contributed by atoms with Gasteiger partial charge in [-0.2, -0.15) is 4.98 Å². The number of rotatable bonds is 6. The highest BCUT2D eigenvalue weighted by atomic mass is 35.5. The smallest absolute Gasteiger partial charge is 0.332 e. The van der Waals surface area contributed by atoms with Crippen molar-refractivity contribution in [3.63, 3.8) is 0 Å². The second-order valence-electron chi connectivity index (χ2n) is 4.32. The summed E-state index contributed by atoms with van der Waals surface area (Å²) < 4.78 is 0. The van der Waals surface area contributed by atoms with Crippen LogP contribution in [0.2, 0.25) is 5.28 Å². The molecule has 0 aliphatic carbocycles. The van der Waals surface area contributed by atoms with Crippen molar-refractivity contribution in [2.45, 2.75) is 39.2 Å². The predicted molar refractivity (Wildman–Crippen MR) is 72.5 cm³/mol. The summed E-state index contributed by atoms with van der Waals surface area (Å²) in [4.78, 5) is 18.0. The number of halogens is 1. The Kier molecular flexibility index (Phi) is 5.02. The average molecular weight is 289 g/mol. The van der Waals surface area contributed by atoms with E-state index in [1.54, 1.807) is 0 Å². The van der Waals surface area contributed by atoms with Crippen molar-refractivity contribution in [1.29, 1.82) is 0 Å². The first-order valence-electron chi connectivity index (χ1n) is 5.97. The monoisotopic (exact) mass is 288 g/mol. The van der Waals surface area contributed by atoms with Crippen molar-refractivity contribution in [2.24, 2.45) is 0 Å². The van der Waals surface area contributed by atoms with Crippen LogP contribution in [0.15, 0.2) is 0 Å². The van der Waals surface area contributed by atoms with Crippen LogP contribution in [-0.4, -0.2) is 32.1 Å².